The van der Waals surface area contributed by atoms with E-state index in [-0.39, 0.29) is 30.6 Å². The number of nitrogens with zero attached hydrogens (tertiary/aromatic N) is 1. The molecule has 0 fully saturated rings. The number of primary amides is 1. The Morgan fingerprint density at radius 2 is 2.21 bits per heavy atom. The van der Waals surface area contributed by atoms with Crippen LogP contribution < -0.4 is 16.8 Å². The molecule has 0 saturated heterocycles. The van der Waals surface area contributed by atoms with Crippen molar-refractivity contribution in [2.24, 2.45) is 11.5 Å². The van der Waals surface area contributed by atoms with Crippen LogP contribution in [0.2, 0.25) is 0 Å². The maximum absolute atomic E-state index is 10.8. The summed E-state index contributed by atoms with van der Waals surface area (Å²) in [5.41, 5.74) is 10.2. The first kappa shape index (κ1) is 12.8. The van der Waals surface area contributed by atoms with Crippen LogP contribution in [0.15, 0.2) is 5.38 Å². The molecule has 0 unspecified atom stereocenters. The number of aromatic nitrogens is 1. The van der Waals surface area contributed by atoms with Crippen molar-refractivity contribution in [2.45, 2.75) is 0 Å². The van der Waals surface area contributed by atoms with E-state index in [4.69, 9.17) is 11.5 Å². The van der Waals surface area contributed by atoms with Gasteiger partial charge in [0.1, 0.15) is 5.69 Å². The molecule has 1 aromatic rings. The van der Waals surface area contributed by atoms with Crippen molar-refractivity contribution in [2.75, 3.05) is 11.9 Å². The molecule has 78 valence electrons. The first-order valence-corrected chi connectivity index (χ1v) is 4.26. The van der Waals surface area contributed by atoms with E-state index >= 15 is 0 Å². The lowest BCUT2D eigenvalue weighted by Crippen LogP contribution is -2.22. The van der Waals surface area contributed by atoms with E-state index < -0.39 is 5.91 Å². The zero-order valence-electron chi connectivity index (χ0n) is 7.02. The van der Waals surface area contributed by atoms with Crippen LogP contribution in [0.25, 0.3) is 0 Å². The predicted molar refractivity (Wildman–Crippen MR) is 55.6 cm³/mol. The first-order valence-electron chi connectivity index (χ1n) is 3.38. The molecule has 0 aliphatic rings. The van der Waals surface area contributed by atoms with Crippen LogP contribution in [0.1, 0.15) is 10.5 Å². The van der Waals surface area contributed by atoms with Gasteiger partial charge in [-0.25, -0.2) is 4.98 Å². The van der Waals surface area contributed by atoms with E-state index in [1.807, 2.05) is 0 Å². The van der Waals surface area contributed by atoms with Gasteiger partial charge in [-0.1, -0.05) is 0 Å². The van der Waals surface area contributed by atoms with Crippen molar-refractivity contribution in [3.05, 3.63) is 11.1 Å². The van der Waals surface area contributed by atoms with Gasteiger partial charge in [-0.05, 0) is 0 Å². The van der Waals surface area contributed by atoms with E-state index in [9.17, 15) is 9.59 Å². The third kappa shape index (κ3) is 3.29. The summed E-state index contributed by atoms with van der Waals surface area (Å²) < 4.78 is 0. The molecule has 0 spiro atoms. The molecule has 6 nitrogen and oxygen atoms in total. The molecule has 8 heteroatoms. The molecule has 0 bridgehead atoms. The van der Waals surface area contributed by atoms with Gasteiger partial charge in [0.05, 0.1) is 6.54 Å². The van der Waals surface area contributed by atoms with Gasteiger partial charge in [-0.2, -0.15) is 0 Å². The van der Waals surface area contributed by atoms with E-state index in [0.29, 0.717) is 5.13 Å². The minimum absolute atomic E-state index is 0. The highest BCUT2D eigenvalue weighted by atomic mass is 35.5. The largest absolute Gasteiger partial charge is 0.364 e. The van der Waals surface area contributed by atoms with E-state index in [1.54, 1.807) is 0 Å². The van der Waals surface area contributed by atoms with E-state index in [1.165, 1.54) is 5.38 Å². The molecule has 1 rings (SSSR count). The smallest absolute Gasteiger partial charge is 0.268 e. The van der Waals surface area contributed by atoms with E-state index in [2.05, 4.69) is 10.3 Å². The van der Waals surface area contributed by atoms with Crippen LogP contribution in [0.4, 0.5) is 5.13 Å². The molecule has 0 aromatic carbocycles. The Balaban J connectivity index is 0.00000169. The monoisotopic (exact) mass is 236 g/mol. The minimum Gasteiger partial charge on any atom is -0.364 e. The molecule has 0 atom stereocenters. The number of nitrogens with two attached hydrogens (primary N) is 2. The maximum Gasteiger partial charge on any atom is 0.268 e. The SMILES string of the molecule is Cl.NCC(=O)Nc1nc(C(N)=O)cs1. The third-order valence-corrected chi connectivity index (χ3v) is 1.95. The van der Waals surface area contributed by atoms with Crippen molar-refractivity contribution in [1.82, 2.24) is 4.98 Å². The van der Waals surface area contributed by atoms with Gasteiger partial charge < -0.3 is 16.8 Å². The number of amides is 2. The number of hydrogen-bond acceptors (Lipinski definition) is 5. The molecule has 0 radical (unpaired) electrons. The minimum atomic E-state index is -0.621. The van der Waals surface area contributed by atoms with Crippen LogP contribution in [0, 0.1) is 0 Å². The average molecular weight is 237 g/mol. The van der Waals surface area contributed by atoms with Crippen LogP contribution in [-0.2, 0) is 4.79 Å². The summed E-state index contributed by atoms with van der Waals surface area (Å²) in [5.74, 6) is -0.977. The zero-order valence-corrected chi connectivity index (χ0v) is 8.65. The summed E-state index contributed by atoms with van der Waals surface area (Å²) in [7, 11) is 0. The van der Waals surface area contributed by atoms with Crippen LogP contribution in [-0.4, -0.2) is 23.3 Å². The highest BCUT2D eigenvalue weighted by Gasteiger charge is 2.07. The molecule has 0 aliphatic carbocycles. The predicted octanol–water partition coefficient (Wildman–Crippen LogP) is -0.439. The molecule has 1 heterocycles. The van der Waals surface area contributed by atoms with Gasteiger partial charge in [0, 0.05) is 5.38 Å². The number of halogens is 1. The van der Waals surface area contributed by atoms with Gasteiger partial charge >= 0.3 is 0 Å². The number of carbonyl (C=O) groups excluding carboxylic acids is 2. The fraction of sp³-hybridized carbons (Fsp3) is 0.167. The zero-order chi connectivity index (χ0) is 9.84. The lowest BCUT2D eigenvalue weighted by atomic mass is 10.5. The molecule has 1 aromatic heterocycles. The fourth-order valence-electron chi connectivity index (χ4n) is 0.615. The van der Waals surface area contributed by atoms with Gasteiger partial charge in [0.15, 0.2) is 5.13 Å². The molecule has 2 amide bonds. The summed E-state index contributed by atoms with van der Waals surface area (Å²) in [6.45, 7) is -0.120. The first-order chi connectivity index (χ1) is 6.13. The van der Waals surface area contributed by atoms with Crippen LogP contribution in [0.5, 0.6) is 0 Å². The number of thiazole rings is 1. The number of carbonyl (C=O) groups is 2. The lowest BCUT2D eigenvalue weighted by molar-refractivity contribution is -0.114. The summed E-state index contributed by atoms with van der Waals surface area (Å²) >= 11 is 1.12. The Bertz CT molecular complexity index is 340. The number of nitrogens with one attached hydrogen (secondary N) is 1. The van der Waals surface area contributed by atoms with Crippen LogP contribution >= 0.6 is 23.7 Å². The molecular weight excluding hydrogens is 228 g/mol. The summed E-state index contributed by atoms with van der Waals surface area (Å²) in [6, 6.07) is 0. The fourth-order valence-corrected chi connectivity index (χ4v) is 1.33. The van der Waals surface area contributed by atoms with Gasteiger partial charge in [0.25, 0.3) is 5.91 Å². The van der Waals surface area contributed by atoms with Crippen molar-refractivity contribution < 1.29 is 9.59 Å². The Kier molecular flexibility index (Phi) is 5.06. The van der Waals surface area contributed by atoms with Crippen LogP contribution in [0.3, 0.4) is 0 Å². The second kappa shape index (κ2) is 5.53. The molecule has 5 N–H and O–H groups in total. The highest BCUT2D eigenvalue weighted by molar-refractivity contribution is 7.14. The quantitative estimate of drug-likeness (QED) is 0.661. The summed E-state index contributed by atoms with van der Waals surface area (Å²) in [4.78, 5) is 25.1. The van der Waals surface area contributed by atoms with Gasteiger partial charge in [-0.15, -0.1) is 23.7 Å². The topological polar surface area (TPSA) is 111 Å². The van der Waals surface area contributed by atoms with E-state index in [0.717, 1.165) is 11.3 Å². The molecule has 0 saturated carbocycles. The van der Waals surface area contributed by atoms with Crippen molar-refractivity contribution in [1.29, 1.82) is 0 Å². The van der Waals surface area contributed by atoms with Crippen molar-refractivity contribution in [3.63, 3.8) is 0 Å². The lowest BCUT2D eigenvalue weighted by Gasteiger charge is -1.95. The average Bonchev–Trinajstić information content (AvgIpc) is 2.52. The number of rotatable bonds is 3. The Labute approximate surface area is 90.1 Å². The third-order valence-electron chi connectivity index (χ3n) is 1.19. The molecule has 0 aliphatic heterocycles. The second-order valence-electron chi connectivity index (χ2n) is 2.15. The summed E-state index contributed by atoms with van der Waals surface area (Å²) in [6.07, 6.45) is 0. The number of anilines is 1. The molecule has 14 heavy (non-hydrogen) atoms. The van der Waals surface area contributed by atoms with Gasteiger partial charge in [-0.3, -0.25) is 9.59 Å². The van der Waals surface area contributed by atoms with Crippen molar-refractivity contribution >= 4 is 40.7 Å². The Hall–Kier alpha value is -1.18. The number of hydrogen-bond donors (Lipinski definition) is 3. The normalized spacial score (nSPS) is 8.93. The summed E-state index contributed by atoms with van der Waals surface area (Å²) in [5, 5.41) is 4.19. The maximum atomic E-state index is 10.8. The Morgan fingerprint density at radius 1 is 1.57 bits per heavy atom. The highest BCUT2D eigenvalue weighted by Crippen LogP contribution is 2.14. The second-order valence-corrected chi connectivity index (χ2v) is 3.01. The Morgan fingerprint density at radius 3 is 2.64 bits per heavy atom. The van der Waals surface area contributed by atoms with Crippen molar-refractivity contribution in [3.8, 4) is 0 Å². The molecular formula is C6H9ClN4O2S. The standard InChI is InChI=1S/C6H8N4O2S.ClH/c7-1-4(11)10-6-9-3(2-13-6)5(8)12;/h2H,1,7H2,(H2,8,12)(H,9,10,11);1H. The van der Waals surface area contributed by atoms with Gasteiger partial charge in [0.2, 0.25) is 5.91 Å².